The molecule has 180 valence electrons. The number of nitrogens with zero attached hydrogens (tertiary/aromatic N) is 1. The summed E-state index contributed by atoms with van der Waals surface area (Å²) in [6.07, 6.45) is 0. The number of hydrogen-bond acceptors (Lipinski definition) is 5. The van der Waals surface area contributed by atoms with Crippen molar-refractivity contribution in [3.05, 3.63) is 82.9 Å². The number of nitrogens with one attached hydrogen (secondary N) is 1. The lowest BCUT2D eigenvalue weighted by atomic mass is 10.1. The van der Waals surface area contributed by atoms with E-state index >= 15 is 0 Å². The summed E-state index contributed by atoms with van der Waals surface area (Å²) in [5, 5.41) is 3.29. The van der Waals surface area contributed by atoms with E-state index in [1.165, 1.54) is 31.4 Å². The van der Waals surface area contributed by atoms with E-state index in [0.717, 1.165) is 15.4 Å². The van der Waals surface area contributed by atoms with Crippen LogP contribution >= 0.6 is 11.6 Å². The van der Waals surface area contributed by atoms with Gasteiger partial charge in [-0.25, -0.2) is 8.42 Å². The molecule has 9 heteroatoms. The molecule has 7 nitrogen and oxygen atoms in total. The maximum Gasteiger partial charge on any atom is 0.264 e. The van der Waals surface area contributed by atoms with Crippen LogP contribution in [-0.4, -0.2) is 35.1 Å². The third-order valence-corrected chi connectivity index (χ3v) is 7.38. The van der Waals surface area contributed by atoms with Gasteiger partial charge in [0.25, 0.3) is 10.0 Å². The first-order chi connectivity index (χ1) is 16.2. The highest BCUT2D eigenvalue weighted by Crippen LogP contribution is 2.30. The third-order valence-electron chi connectivity index (χ3n) is 5.36. The predicted molar refractivity (Wildman–Crippen MR) is 133 cm³/mol. The molecule has 1 atom stereocenters. The zero-order chi connectivity index (χ0) is 24.9. The second-order valence-corrected chi connectivity index (χ2v) is 9.95. The van der Waals surface area contributed by atoms with Gasteiger partial charge in [-0.3, -0.25) is 9.10 Å². The summed E-state index contributed by atoms with van der Waals surface area (Å²) >= 11 is 5.93. The molecule has 34 heavy (non-hydrogen) atoms. The average molecular weight is 503 g/mol. The van der Waals surface area contributed by atoms with Gasteiger partial charge in [-0.15, -0.1) is 0 Å². The van der Waals surface area contributed by atoms with E-state index in [9.17, 15) is 13.2 Å². The third kappa shape index (κ3) is 5.63. The fourth-order valence-electron chi connectivity index (χ4n) is 3.50. The molecule has 3 aromatic carbocycles. The lowest BCUT2D eigenvalue weighted by Crippen LogP contribution is -2.41. The van der Waals surface area contributed by atoms with Crippen LogP contribution in [0.1, 0.15) is 24.1 Å². The van der Waals surface area contributed by atoms with Crippen molar-refractivity contribution in [2.24, 2.45) is 0 Å². The molecule has 0 aliphatic carbocycles. The molecule has 0 bridgehead atoms. The first-order valence-corrected chi connectivity index (χ1v) is 12.3. The number of benzene rings is 3. The summed E-state index contributed by atoms with van der Waals surface area (Å²) in [6.45, 7) is 3.21. The molecule has 3 rings (SSSR count). The summed E-state index contributed by atoms with van der Waals surface area (Å²) in [5.41, 5.74) is 1.93. The van der Waals surface area contributed by atoms with Gasteiger partial charge >= 0.3 is 0 Å². The van der Waals surface area contributed by atoms with Crippen molar-refractivity contribution >= 4 is 33.2 Å². The number of aryl methyl sites for hydroxylation is 1. The Hall–Kier alpha value is -3.23. The Morgan fingerprint density at radius 1 is 1.00 bits per heavy atom. The lowest BCUT2D eigenvalue weighted by Gasteiger charge is -2.26. The number of amides is 1. The number of anilines is 1. The van der Waals surface area contributed by atoms with Gasteiger partial charge in [0.2, 0.25) is 5.91 Å². The van der Waals surface area contributed by atoms with Crippen LogP contribution in [0.5, 0.6) is 11.5 Å². The van der Waals surface area contributed by atoms with E-state index in [1.807, 2.05) is 19.1 Å². The van der Waals surface area contributed by atoms with Crippen LogP contribution in [0.25, 0.3) is 0 Å². The van der Waals surface area contributed by atoms with Crippen molar-refractivity contribution < 1.29 is 22.7 Å². The molecule has 0 aliphatic heterocycles. The highest BCUT2D eigenvalue weighted by atomic mass is 35.5. The fraction of sp³-hybridized carbons (Fsp3) is 0.240. The van der Waals surface area contributed by atoms with Crippen molar-refractivity contribution in [1.29, 1.82) is 0 Å². The molecule has 1 amide bonds. The Bertz CT molecular complexity index is 1260. The number of carbonyl (C=O) groups excluding carboxylic acids is 1. The zero-order valence-electron chi connectivity index (χ0n) is 19.4. The standard InChI is InChI=1S/C25H27ClN2O5S/c1-17-7-5-6-8-22(17)28(34(30,31)21-12-10-20(26)11-13-21)16-25(29)27-18(2)19-9-14-23(32-3)24(15-19)33-4/h5-15,18H,16H2,1-4H3,(H,27,29)/t18-/m1/s1. The number of hydrogen-bond donors (Lipinski definition) is 1. The molecule has 0 fully saturated rings. The molecule has 1 N–H and O–H groups in total. The van der Waals surface area contributed by atoms with E-state index in [0.29, 0.717) is 22.2 Å². The van der Waals surface area contributed by atoms with Gasteiger partial charge in [0.15, 0.2) is 11.5 Å². The number of halogens is 1. The van der Waals surface area contributed by atoms with Crippen molar-refractivity contribution in [2.75, 3.05) is 25.1 Å². The SMILES string of the molecule is COc1ccc([C@@H](C)NC(=O)CN(c2ccccc2C)S(=O)(=O)c2ccc(Cl)cc2)cc1OC. The summed E-state index contributed by atoms with van der Waals surface area (Å²) < 4.78 is 38.7. The minimum atomic E-state index is -4.03. The van der Waals surface area contributed by atoms with Crippen molar-refractivity contribution in [3.8, 4) is 11.5 Å². The molecule has 0 aromatic heterocycles. The summed E-state index contributed by atoms with van der Waals surface area (Å²) in [5.74, 6) is 0.653. The van der Waals surface area contributed by atoms with Crippen LogP contribution in [0.4, 0.5) is 5.69 Å². The fourth-order valence-corrected chi connectivity index (χ4v) is 5.11. The van der Waals surface area contributed by atoms with E-state index in [2.05, 4.69) is 5.32 Å². The molecule has 0 radical (unpaired) electrons. The van der Waals surface area contributed by atoms with Crippen LogP contribution in [0, 0.1) is 6.92 Å². The van der Waals surface area contributed by atoms with Crippen LogP contribution in [0.3, 0.4) is 0 Å². The maximum atomic E-state index is 13.5. The topological polar surface area (TPSA) is 84.9 Å². The number of rotatable bonds is 9. The summed E-state index contributed by atoms with van der Waals surface area (Å²) in [6, 6.07) is 17.8. The molecule has 0 saturated heterocycles. The Balaban J connectivity index is 1.89. The van der Waals surface area contributed by atoms with Gasteiger partial charge < -0.3 is 14.8 Å². The Kier molecular flexibility index (Phi) is 8.06. The van der Waals surface area contributed by atoms with Crippen molar-refractivity contribution in [2.45, 2.75) is 24.8 Å². The van der Waals surface area contributed by atoms with Crippen LogP contribution in [0.2, 0.25) is 5.02 Å². The first-order valence-electron chi connectivity index (χ1n) is 10.5. The largest absolute Gasteiger partial charge is 0.493 e. The Morgan fingerprint density at radius 3 is 2.26 bits per heavy atom. The number of ether oxygens (including phenoxy) is 2. The number of carbonyl (C=O) groups is 1. The molecule has 0 saturated carbocycles. The number of methoxy groups -OCH3 is 2. The first kappa shape index (κ1) is 25.4. The van der Waals surface area contributed by atoms with E-state index in [1.54, 1.807) is 44.4 Å². The monoisotopic (exact) mass is 502 g/mol. The molecule has 0 spiro atoms. The van der Waals surface area contributed by atoms with Gasteiger partial charge in [-0.05, 0) is 67.4 Å². The van der Waals surface area contributed by atoms with Gasteiger partial charge in [0, 0.05) is 5.02 Å². The lowest BCUT2D eigenvalue weighted by molar-refractivity contribution is -0.120. The zero-order valence-corrected chi connectivity index (χ0v) is 21.0. The maximum absolute atomic E-state index is 13.5. The van der Waals surface area contributed by atoms with E-state index in [4.69, 9.17) is 21.1 Å². The minimum absolute atomic E-state index is 0.0425. The van der Waals surface area contributed by atoms with Crippen molar-refractivity contribution in [3.63, 3.8) is 0 Å². The van der Waals surface area contributed by atoms with Crippen LogP contribution in [0.15, 0.2) is 71.6 Å². The summed E-state index contributed by atoms with van der Waals surface area (Å²) in [7, 11) is -0.951. The quantitative estimate of drug-likeness (QED) is 0.457. The van der Waals surface area contributed by atoms with Gasteiger partial charge in [0.1, 0.15) is 6.54 Å². The smallest absolute Gasteiger partial charge is 0.264 e. The van der Waals surface area contributed by atoms with Gasteiger partial charge in [-0.1, -0.05) is 35.9 Å². The predicted octanol–water partition coefficient (Wildman–Crippen LogP) is 4.74. The highest BCUT2D eigenvalue weighted by molar-refractivity contribution is 7.92. The second-order valence-electron chi connectivity index (χ2n) is 7.66. The highest BCUT2D eigenvalue weighted by Gasteiger charge is 2.28. The number of sulfonamides is 1. The molecule has 0 aliphatic rings. The van der Waals surface area contributed by atoms with E-state index in [-0.39, 0.29) is 4.90 Å². The normalized spacial score (nSPS) is 12.0. The molecular weight excluding hydrogens is 476 g/mol. The van der Waals surface area contributed by atoms with E-state index < -0.39 is 28.5 Å². The molecular formula is C25H27ClN2O5S. The molecule has 3 aromatic rings. The number of para-hydroxylation sites is 1. The van der Waals surface area contributed by atoms with Crippen molar-refractivity contribution in [1.82, 2.24) is 5.32 Å². The second kappa shape index (κ2) is 10.8. The molecule has 0 heterocycles. The van der Waals surface area contributed by atoms with Crippen LogP contribution < -0.4 is 19.1 Å². The summed E-state index contributed by atoms with van der Waals surface area (Å²) in [4.78, 5) is 13.1. The molecule has 0 unspecified atom stereocenters. The minimum Gasteiger partial charge on any atom is -0.493 e. The van der Waals surface area contributed by atoms with Gasteiger partial charge in [0.05, 0.1) is 30.8 Å². The van der Waals surface area contributed by atoms with Gasteiger partial charge in [-0.2, -0.15) is 0 Å². The Morgan fingerprint density at radius 2 is 1.65 bits per heavy atom. The Labute approximate surface area is 205 Å². The average Bonchev–Trinajstić information content (AvgIpc) is 2.82. The van der Waals surface area contributed by atoms with Crippen LogP contribution in [-0.2, 0) is 14.8 Å².